The van der Waals surface area contributed by atoms with Gasteiger partial charge in [-0.2, -0.15) is 4.72 Å². The molecule has 0 aliphatic carbocycles. The van der Waals surface area contributed by atoms with Gasteiger partial charge in [-0.25, -0.2) is 8.42 Å². The fourth-order valence-electron chi connectivity index (χ4n) is 3.41. The fourth-order valence-corrected chi connectivity index (χ4v) is 4.54. The molecule has 4 N–H and O–H groups in total. The maximum atomic E-state index is 12.2. The highest BCUT2D eigenvalue weighted by Crippen LogP contribution is 2.13. The normalized spacial score (nSPS) is 12.5. The van der Waals surface area contributed by atoms with Gasteiger partial charge in [0.1, 0.15) is 6.23 Å². The molecule has 0 aliphatic rings. The maximum Gasteiger partial charge on any atom is 0.309 e. The number of likely N-dealkylation sites (N-methyl/N-ethyl adjacent to an activating group) is 1. The van der Waals surface area contributed by atoms with Crippen LogP contribution in [0.25, 0.3) is 0 Å². The van der Waals surface area contributed by atoms with Crippen molar-refractivity contribution in [2.24, 2.45) is 0 Å². The van der Waals surface area contributed by atoms with Gasteiger partial charge in [0.15, 0.2) is 0 Å². The predicted molar refractivity (Wildman–Crippen MR) is 134 cm³/mol. The van der Waals surface area contributed by atoms with Gasteiger partial charge in [0, 0.05) is 13.6 Å². The van der Waals surface area contributed by atoms with E-state index in [1.54, 1.807) is 18.2 Å². The minimum Gasteiger partial charge on any atom is -0.378 e. The summed E-state index contributed by atoms with van der Waals surface area (Å²) < 4.78 is 26.6. The lowest BCUT2D eigenvalue weighted by Gasteiger charge is -2.13. The van der Waals surface area contributed by atoms with Crippen LogP contribution in [0.15, 0.2) is 47.4 Å². The summed E-state index contributed by atoms with van der Waals surface area (Å²) in [5, 5.41) is 14.8. The number of carbonyl (C=O) groups is 2. The first kappa shape index (κ1) is 29.8. The van der Waals surface area contributed by atoms with Crippen molar-refractivity contribution in [3.63, 3.8) is 0 Å². The molecule has 0 radical (unpaired) electrons. The zero-order chi connectivity index (χ0) is 25.1. The Labute approximate surface area is 204 Å². The molecule has 34 heavy (non-hydrogen) atoms. The Morgan fingerprint density at radius 3 is 2.03 bits per heavy atom. The molecule has 1 aromatic rings. The Balaban J connectivity index is 1.91. The SMILES string of the molecule is CNC(=O)C(=O)NCCCC/C=C\CCCCCCCCCC(O)NS(=O)(=O)c1ccccc1. The van der Waals surface area contributed by atoms with Crippen molar-refractivity contribution >= 4 is 21.8 Å². The summed E-state index contributed by atoms with van der Waals surface area (Å²) in [6, 6.07) is 8.07. The molecule has 1 unspecified atom stereocenters. The lowest BCUT2D eigenvalue weighted by atomic mass is 10.1. The summed E-state index contributed by atoms with van der Waals surface area (Å²) in [5.41, 5.74) is 0. The van der Waals surface area contributed by atoms with Crippen LogP contribution in [0.3, 0.4) is 0 Å². The van der Waals surface area contributed by atoms with Gasteiger partial charge in [-0.3, -0.25) is 9.59 Å². The van der Waals surface area contributed by atoms with E-state index < -0.39 is 28.1 Å². The van der Waals surface area contributed by atoms with E-state index in [9.17, 15) is 23.1 Å². The van der Waals surface area contributed by atoms with Crippen molar-refractivity contribution in [2.45, 2.75) is 88.2 Å². The minimum atomic E-state index is -3.67. The number of aliphatic hydroxyl groups excluding tert-OH is 1. The smallest absolute Gasteiger partial charge is 0.309 e. The first-order valence-electron chi connectivity index (χ1n) is 12.3. The molecule has 0 aromatic heterocycles. The molecule has 1 rings (SSSR count). The van der Waals surface area contributed by atoms with Gasteiger partial charge in [-0.1, -0.05) is 62.5 Å². The van der Waals surface area contributed by atoms with Gasteiger partial charge >= 0.3 is 11.8 Å². The molecule has 0 bridgehead atoms. The molecule has 0 fully saturated rings. The number of rotatable bonds is 18. The second-order valence-electron chi connectivity index (χ2n) is 8.30. The van der Waals surface area contributed by atoms with Crippen LogP contribution in [-0.2, 0) is 19.6 Å². The number of hydrogen-bond donors (Lipinski definition) is 4. The molecule has 2 amide bonds. The summed E-state index contributed by atoms with van der Waals surface area (Å²) in [4.78, 5) is 22.4. The van der Waals surface area contributed by atoms with E-state index in [0.29, 0.717) is 13.0 Å². The molecule has 0 saturated heterocycles. The summed E-state index contributed by atoms with van der Waals surface area (Å²) in [5.74, 6) is -1.19. The number of carbonyl (C=O) groups excluding carboxylic acids is 2. The van der Waals surface area contributed by atoms with Crippen LogP contribution in [0, 0.1) is 0 Å². The van der Waals surface area contributed by atoms with Crippen molar-refractivity contribution in [3.05, 3.63) is 42.5 Å². The number of benzene rings is 1. The molecule has 0 spiro atoms. The molecule has 0 heterocycles. The summed E-state index contributed by atoms with van der Waals surface area (Å²) in [6.07, 6.45) is 15.2. The zero-order valence-electron chi connectivity index (χ0n) is 20.3. The topological polar surface area (TPSA) is 125 Å². The molecule has 1 aromatic carbocycles. The highest BCUT2D eigenvalue weighted by Gasteiger charge is 2.17. The van der Waals surface area contributed by atoms with Crippen molar-refractivity contribution in [1.29, 1.82) is 0 Å². The van der Waals surface area contributed by atoms with Gasteiger partial charge < -0.3 is 15.7 Å². The fraction of sp³-hybridized carbons (Fsp3) is 0.600. The summed E-state index contributed by atoms with van der Waals surface area (Å²) in [6.45, 7) is 0.516. The summed E-state index contributed by atoms with van der Waals surface area (Å²) >= 11 is 0. The van der Waals surface area contributed by atoms with E-state index in [0.717, 1.165) is 51.4 Å². The van der Waals surface area contributed by atoms with Crippen LogP contribution in [0.1, 0.15) is 77.0 Å². The molecule has 9 heteroatoms. The minimum absolute atomic E-state index is 0.161. The Morgan fingerprint density at radius 1 is 0.853 bits per heavy atom. The number of sulfonamides is 1. The average molecular weight is 496 g/mol. The Morgan fingerprint density at radius 2 is 1.41 bits per heavy atom. The third-order valence-corrected chi connectivity index (χ3v) is 6.85. The number of allylic oxidation sites excluding steroid dienone is 2. The predicted octanol–water partition coefficient (Wildman–Crippen LogP) is 3.38. The van der Waals surface area contributed by atoms with Crippen molar-refractivity contribution in [3.8, 4) is 0 Å². The summed E-state index contributed by atoms with van der Waals surface area (Å²) in [7, 11) is -2.24. The number of unbranched alkanes of at least 4 members (excludes halogenated alkanes) is 9. The van der Waals surface area contributed by atoms with Crippen molar-refractivity contribution in [1.82, 2.24) is 15.4 Å². The molecule has 1 atom stereocenters. The largest absolute Gasteiger partial charge is 0.378 e. The first-order valence-corrected chi connectivity index (χ1v) is 13.8. The number of aliphatic hydroxyl groups is 1. The standard InChI is InChI=1S/C25H41N3O5S/c1-26-24(30)25(31)27-21-17-12-10-8-6-4-2-3-5-7-9-11-16-20-23(29)28-34(32,33)22-18-14-13-15-19-22/h6,8,13-15,18-19,23,28-29H,2-5,7,9-12,16-17,20-21H2,1H3,(H,26,30)(H,27,31)/b8-6-. The number of hydrogen-bond acceptors (Lipinski definition) is 5. The Kier molecular flexibility index (Phi) is 15.9. The lowest BCUT2D eigenvalue weighted by molar-refractivity contribution is -0.138. The van der Waals surface area contributed by atoms with E-state index in [4.69, 9.17) is 0 Å². The highest BCUT2D eigenvalue weighted by atomic mass is 32.2. The molecule has 0 saturated carbocycles. The van der Waals surface area contributed by atoms with Crippen LogP contribution >= 0.6 is 0 Å². The Bertz CT molecular complexity index is 828. The number of amides is 2. The Hall–Kier alpha value is -2.23. The van der Waals surface area contributed by atoms with E-state index in [2.05, 4.69) is 27.5 Å². The third kappa shape index (κ3) is 14.1. The van der Waals surface area contributed by atoms with Gasteiger partial charge in [0.2, 0.25) is 10.0 Å². The van der Waals surface area contributed by atoms with E-state index in [1.807, 2.05) is 0 Å². The monoisotopic (exact) mass is 495 g/mol. The van der Waals surface area contributed by atoms with Crippen LogP contribution in [-0.4, -0.2) is 45.2 Å². The third-order valence-electron chi connectivity index (χ3n) is 5.38. The van der Waals surface area contributed by atoms with E-state index >= 15 is 0 Å². The van der Waals surface area contributed by atoms with E-state index in [-0.39, 0.29) is 4.90 Å². The van der Waals surface area contributed by atoms with Crippen LogP contribution in [0.2, 0.25) is 0 Å². The number of nitrogens with one attached hydrogen (secondary N) is 3. The van der Waals surface area contributed by atoms with E-state index in [1.165, 1.54) is 38.4 Å². The van der Waals surface area contributed by atoms with Gasteiger partial charge in [0.05, 0.1) is 4.90 Å². The van der Waals surface area contributed by atoms with Gasteiger partial charge in [0.25, 0.3) is 0 Å². The molecule has 8 nitrogen and oxygen atoms in total. The van der Waals surface area contributed by atoms with Crippen molar-refractivity contribution < 1.29 is 23.1 Å². The average Bonchev–Trinajstić information content (AvgIpc) is 2.83. The molecule has 0 aliphatic heterocycles. The first-order chi connectivity index (χ1) is 16.4. The molecular formula is C25H41N3O5S. The van der Waals surface area contributed by atoms with Crippen LogP contribution < -0.4 is 15.4 Å². The van der Waals surface area contributed by atoms with Gasteiger partial charge in [-0.15, -0.1) is 0 Å². The molecular weight excluding hydrogens is 454 g/mol. The quantitative estimate of drug-likeness (QED) is 0.108. The molecule has 192 valence electrons. The second kappa shape index (κ2) is 18.1. The van der Waals surface area contributed by atoms with Gasteiger partial charge in [-0.05, 0) is 57.1 Å². The maximum absolute atomic E-state index is 12.2. The van der Waals surface area contributed by atoms with Crippen LogP contribution in [0.4, 0.5) is 0 Å². The van der Waals surface area contributed by atoms with Crippen LogP contribution in [0.5, 0.6) is 0 Å². The second-order valence-corrected chi connectivity index (χ2v) is 10.0. The highest BCUT2D eigenvalue weighted by molar-refractivity contribution is 7.89. The lowest BCUT2D eigenvalue weighted by Crippen LogP contribution is -2.38. The van der Waals surface area contributed by atoms with Crippen molar-refractivity contribution in [2.75, 3.05) is 13.6 Å². The zero-order valence-corrected chi connectivity index (χ0v) is 21.1.